The Morgan fingerprint density at radius 3 is 1.63 bits per heavy atom. The van der Waals surface area contributed by atoms with E-state index in [1.807, 2.05) is 177 Å². The van der Waals surface area contributed by atoms with Gasteiger partial charge in [-0.3, -0.25) is 0 Å². The average molecular weight is 921 g/mol. The van der Waals surface area contributed by atoms with E-state index < -0.39 is 73.7 Å². The molecule has 4 aliphatic rings. The third-order valence-electron chi connectivity index (χ3n) is 12.7. The van der Waals surface area contributed by atoms with Gasteiger partial charge in [-0.2, -0.15) is 0 Å². The molecule has 0 radical (unpaired) electrons. The first-order chi connectivity index (χ1) is 33.5. The number of hydrogen-bond donors (Lipinski definition) is 0. The minimum atomic E-state index is -1.18. The molecule has 0 unspecified atom stereocenters. The van der Waals surface area contributed by atoms with Crippen LogP contribution >= 0.6 is 0 Å². The van der Waals surface area contributed by atoms with Crippen LogP contribution in [-0.2, 0) is 85.1 Å². The summed E-state index contributed by atoms with van der Waals surface area (Å²) < 4.78 is 75.1. The molecule has 6 aromatic carbocycles. The minimum Gasteiger partial charge on any atom is -0.453 e. The van der Waals surface area contributed by atoms with E-state index in [1.165, 1.54) is 0 Å². The fraction of sp³-hybridized carbons (Fsp3) is 0.339. The first-order valence-electron chi connectivity index (χ1n) is 23.3. The Bertz CT molecular complexity index is 2500. The second-order valence-electron chi connectivity index (χ2n) is 17.5. The molecule has 12 nitrogen and oxygen atoms in total. The second kappa shape index (κ2) is 22.2. The van der Waals surface area contributed by atoms with Gasteiger partial charge in [-0.15, -0.1) is 0 Å². The minimum absolute atomic E-state index is 0.0584. The monoisotopic (exact) mass is 920 g/mol. The van der Waals surface area contributed by atoms with Gasteiger partial charge < -0.3 is 52.1 Å². The highest BCUT2D eigenvalue weighted by atomic mass is 16.8. The molecule has 10 rings (SSSR count). The van der Waals surface area contributed by atoms with Gasteiger partial charge in [-0.05, 0) is 46.4 Å². The molecule has 352 valence electrons. The standard InChI is InChI=1S/C56H56O12/c1-37-27-28-42-29-44(37)53(57)66-50-48-46(36-63-54(67-48)43-25-15-6-16-26-43)65-56(52(50)61-33-40-21-11-4-12-22-40)68-47-45(35-58-30-42)64-55(62-34-41-23-13-5-14-24-41)51(60-32-39-19-9-3-10-20-39)49(47)59-31-38-17-7-2-8-18-38/h2-29,45-52,54-56H,30-36H2,1H3/t45-,46-,47-,48-,49+,50+,51-,52-,54-,55+,56+/m1/s1. The van der Waals surface area contributed by atoms with Crippen molar-refractivity contribution in [1.82, 2.24) is 0 Å². The molecule has 4 aliphatic heterocycles. The van der Waals surface area contributed by atoms with Crippen molar-refractivity contribution < 1.29 is 56.9 Å². The van der Waals surface area contributed by atoms with Gasteiger partial charge in [0, 0.05) is 5.56 Å². The fourth-order valence-corrected chi connectivity index (χ4v) is 9.09. The summed E-state index contributed by atoms with van der Waals surface area (Å²) in [5.74, 6) is -0.541. The number of hydrogen-bond acceptors (Lipinski definition) is 12. The zero-order valence-corrected chi connectivity index (χ0v) is 37.9. The van der Waals surface area contributed by atoms with Crippen molar-refractivity contribution in [2.75, 3.05) is 13.2 Å². The van der Waals surface area contributed by atoms with Crippen LogP contribution in [0, 0.1) is 6.92 Å². The Balaban J connectivity index is 1.06. The zero-order chi connectivity index (χ0) is 46.1. The first kappa shape index (κ1) is 46.1. The van der Waals surface area contributed by atoms with E-state index in [2.05, 4.69) is 0 Å². The molecular weight excluding hydrogens is 865 g/mol. The maximum atomic E-state index is 14.6. The van der Waals surface area contributed by atoms with Crippen molar-refractivity contribution in [3.8, 4) is 0 Å². The van der Waals surface area contributed by atoms with Crippen LogP contribution in [-0.4, -0.2) is 80.6 Å². The number of fused-ring (bicyclic) bond motifs is 7. The predicted molar refractivity (Wildman–Crippen MR) is 249 cm³/mol. The summed E-state index contributed by atoms with van der Waals surface area (Å²) in [4.78, 5) is 14.6. The Morgan fingerprint density at radius 1 is 0.500 bits per heavy atom. The van der Waals surface area contributed by atoms with Crippen LogP contribution in [0.5, 0.6) is 0 Å². The van der Waals surface area contributed by atoms with Gasteiger partial charge in [0.15, 0.2) is 25.0 Å². The average Bonchev–Trinajstić information content (AvgIpc) is 3.39. The lowest BCUT2D eigenvalue weighted by Crippen LogP contribution is -2.67. The van der Waals surface area contributed by atoms with Gasteiger partial charge in [-0.25, -0.2) is 4.79 Å². The zero-order valence-electron chi connectivity index (χ0n) is 37.9. The molecule has 0 N–H and O–H groups in total. The van der Waals surface area contributed by atoms with Crippen LogP contribution in [0.1, 0.15) is 55.6 Å². The van der Waals surface area contributed by atoms with Gasteiger partial charge in [0.1, 0.15) is 42.7 Å². The number of ether oxygens (including phenoxy) is 11. The SMILES string of the molecule is Cc1ccc2cc1C(=O)O[C@@H]1[C@@H](OCc3ccccc3)[C@H](O[C@H]3[C@H](OCc4ccccc4)[C@@H](OCc4ccccc4)[C@@H](OCc4ccccc4)O[C@@H]3COC2)O[C@@H]2CO[C@@H](c3ccccc3)O[C@@H]12. The molecule has 11 atom stereocenters. The van der Waals surface area contributed by atoms with E-state index >= 15 is 0 Å². The lowest BCUT2D eigenvalue weighted by Gasteiger charge is -2.51. The summed E-state index contributed by atoms with van der Waals surface area (Å²) in [6.07, 6.45) is -9.88. The molecule has 0 saturated carbocycles. The Morgan fingerprint density at radius 2 is 1.03 bits per heavy atom. The molecule has 0 spiro atoms. The lowest BCUT2D eigenvalue weighted by molar-refractivity contribution is -0.394. The molecule has 12 heteroatoms. The highest BCUT2D eigenvalue weighted by molar-refractivity contribution is 5.91. The molecule has 0 aromatic heterocycles. The van der Waals surface area contributed by atoms with Crippen molar-refractivity contribution in [1.29, 1.82) is 0 Å². The Kier molecular flexibility index (Phi) is 15.1. The van der Waals surface area contributed by atoms with Gasteiger partial charge in [0.2, 0.25) is 0 Å². The molecule has 4 heterocycles. The molecule has 6 aromatic rings. The number of benzene rings is 6. The fourth-order valence-electron chi connectivity index (χ4n) is 9.09. The van der Waals surface area contributed by atoms with Crippen molar-refractivity contribution in [2.24, 2.45) is 0 Å². The summed E-state index contributed by atoms with van der Waals surface area (Å²) in [5.41, 5.74) is 6.49. The van der Waals surface area contributed by atoms with Crippen LogP contribution < -0.4 is 0 Å². The smallest absolute Gasteiger partial charge is 0.338 e. The van der Waals surface area contributed by atoms with Crippen LogP contribution in [0.4, 0.5) is 0 Å². The number of carbonyl (C=O) groups is 1. The van der Waals surface area contributed by atoms with E-state index in [0.717, 1.165) is 38.9 Å². The molecule has 0 amide bonds. The van der Waals surface area contributed by atoms with E-state index in [1.54, 1.807) is 0 Å². The normalized spacial score (nSPS) is 28.3. The van der Waals surface area contributed by atoms with Crippen LogP contribution in [0.25, 0.3) is 0 Å². The number of rotatable bonds is 13. The summed E-state index contributed by atoms with van der Waals surface area (Å²) in [6.45, 7) is 3.06. The van der Waals surface area contributed by atoms with E-state index in [9.17, 15) is 4.79 Å². The molecule has 0 aliphatic carbocycles. The predicted octanol–water partition coefficient (Wildman–Crippen LogP) is 8.97. The summed E-state index contributed by atoms with van der Waals surface area (Å²) in [5, 5.41) is 0. The van der Waals surface area contributed by atoms with E-state index in [-0.39, 0.29) is 46.2 Å². The van der Waals surface area contributed by atoms with Gasteiger partial charge in [0.25, 0.3) is 0 Å². The third-order valence-corrected chi connectivity index (χ3v) is 12.7. The van der Waals surface area contributed by atoms with Crippen molar-refractivity contribution in [3.63, 3.8) is 0 Å². The van der Waals surface area contributed by atoms with Crippen molar-refractivity contribution >= 4 is 5.97 Å². The highest BCUT2D eigenvalue weighted by Gasteiger charge is 2.57. The third kappa shape index (κ3) is 11.1. The number of carbonyl (C=O) groups excluding carboxylic acids is 1. The Labute approximate surface area is 396 Å². The summed E-state index contributed by atoms with van der Waals surface area (Å²) >= 11 is 0. The maximum absolute atomic E-state index is 14.6. The molecule has 68 heavy (non-hydrogen) atoms. The van der Waals surface area contributed by atoms with Crippen molar-refractivity contribution in [2.45, 2.75) is 108 Å². The molecule has 3 fully saturated rings. The summed E-state index contributed by atoms with van der Waals surface area (Å²) in [7, 11) is 0. The van der Waals surface area contributed by atoms with E-state index in [0.29, 0.717) is 5.56 Å². The highest BCUT2D eigenvalue weighted by Crippen LogP contribution is 2.40. The molecule has 3 saturated heterocycles. The topological polar surface area (TPSA) is 119 Å². The summed E-state index contributed by atoms with van der Waals surface area (Å²) in [6, 6.07) is 54.9. The van der Waals surface area contributed by atoms with Gasteiger partial charge >= 0.3 is 5.97 Å². The lowest BCUT2D eigenvalue weighted by atomic mass is 9.95. The maximum Gasteiger partial charge on any atom is 0.338 e. The number of esters is 1. The van der Waals surface area contributed by atoms with E-state index in [4.69, 9.17) is 52.1 Å². The molecule has 4 bridgehead atoms. The first-order valence-corrected chi connectivity index (χ1v) is 23.3. The van der Waals surface area contributed by atoms with Gasteiger partial charge in [-0.1, -0.05) is 164 Å². The molecular formula is C56H56O12. The second-order valence-corrected chi connectivity index (χ2v) is 17.5. The van der Waals surface area contributed by atoms with Crippen LogP contribution in [0.3, 0.4) is 0 Å². The number of aryl methyl sites for hydroxylation is 1. The van der Waals surface area contributed by atoms with Gasteiger partial charge in [0.05, 0.1) is 51.8 Å². The Hall–Kier alpha value is -5.61. The quantitative estimate of drug-likeness (QED) is 0.103. The van der Waals surface area contributed by atoms with Crippen molar-refractivity contribution in [3.05, 3.63) is 214 Å². The van der Waals surface area contributed by atoms with Crippen LogP contribution in [0.2, 0.25) is 0 Å². The van der Waals surface area contributed by atoms with Crippen LogP contribution in [0.15, 0.2) is 170 Å². The largest absolute Gasteiger partial charge is 0.453 e.